The largest absolute Gasteiger partial charge is 0.480 e. The second-order valence-corrected chi connectivity index (χ2v) is 9.62. The molecule has 182 valence electrons. The number of nitrogens with one attached hydrogen (secondary N) is 2. The molecule has 3 rings (SSSR count). The standard InChI is InChI=1S/C26H32N2O6/c1-25(2,3)34-23(31)27-15-9-14-26(4,22(29)30)28-24(32)33-16-21-19-12-7-5-10-17(19)18-11-6-8-13-20(18)21/h5-8,10-13,21H,9,14-16H2,1-4H3,(H,27,31)(H,28,32)(H,29,30)/t26-/m1/s1. The average Bonchev–Trinajstić information content (AvgIpc) is 3.08. The number of amides is 2. The van der Waals surface area contributed by atoms with Crippen LogP contribution in [0.1, 0.15) is 57.6 Å². The zero-order valence-electron chi connectivity index (χ0n) is 20.0. The van der Waals surface area contributed by atoms with E-state index >= 15 is 0 Å². The fraction of sp³-hybridized carbons (Fsp3) is 0.423. The molecular weight excluding hydrogens is 436 g/mol. The van der Waals surface area contributed by atoms with E-state index in [-0.39, 0.29) is 25.5 Å². The lowest BCUT2D eigenvalue weighted by molar-refractivity contribution is -0.144. The first-order valence-corrected chi connectivity index (χ1v) is 11.3. The SMILES string of the molecule is CC(C)(C)OC(=O)NCCC[C@@](C)(NC(=O)OCC1c2ccccc2-c2ccccc21)C(=O)O. The number of rotatable bonds is 8. The van der Waals surface area contributed by atoms with Gasteiger partial charge < -0.3 is 25.2 Å². The van der Waals surface area contributed by atoms with Gasteiger partial charge in [0.05, 0.1) is 0 Å². The van der Waals surface area contributed by atoms with Crippen LogP contribution in [-0.2, 0) is 14.3 Å². The molecule has 1 atom stereocenters. The predicted octanol–water partition coefficient (Wildman–Crippen LogP) is 4.67. The third-order valence-corrected chi connectivity index (χ3v) is 5.72. The Morgan fingerprint density at radius 3 is 2.00 bits per heavy atom. The fourth-order valence-electron chi connectivity index (χ4n) is 4.03. The highest BCUT2D eigenvalue weighted by Crippen LogP contribution is 2.44. The summed E-state index contributed by atoms with van der Waals surface area (Å²) in [5.74, 6) is -1.30. The maximum absolute atomic E-state index is 12.6. The summed E-state index contributed by atoms with van der Waals surface area (Å²) in [6, 6.07) is 16.0. The van der Waals surface area contributed by atoms with E-state index in [0.717, 1.165) is 22.3 Å². The van der Waals surface area contributed by atoms with Gasteiger partial charge in [-0.2, -0.15) is 0 Å². The van der Waals surface area contributed by atoms with Crippen molar-refractivity contribution >= 4 is 18.2 Å². The van der Waals surface area contributed by atoms with Gasteiger partial charge in [-0.15, -0.1) is 0 Å². The number of benzene rings is 2. The van der Waals surface area contributed by atoms with Crippen molar-refractivity contribution in [3.63, 3.8) is 0 Å². The van der Waals surface area contributed by atoms with Crippen LogP contribution in [0.3, 0.4) is 0 Å². The zero-order chi connectivity index (χ0) is 24.9. The molecule has 1 aliphatic carbocycles. The Kier molecular flexibility index (Phi) is 7.49. The summed E-state index contributed by atoms with van der Waals surface area (Å²) in [6.45, 7) is 7.00. The third-order valence-electron chi connectivity index (χ3n) is 5.72. The summed E-state index contributed by atoms with van der Waals surface area (Å²) >= 11 is 0. The smallest absolute Gasteiger partial charge is 0.408 e. The number of hydrogen-bond donors (Lipinski definition) is 3. The average molecular weight is 469 g/mol. The van der Waals surface area contributed by atoms with Gasteiger partial charge in [0.25, 0.3) is 0 Å². The van der Waals surface area contributed by atoms with Gasteiger partial charge in [-0.25, -0.2) is 14.4 Å². The van der Waals surface area contributed by atoms with Crippen LogP contribution in [0.4, 0.5) is 9.59 Å². The highest BCUT2D eigenvalue weighted by molar-refractivity contribution is 5.84. The third kappa shape index (κ3) is 6.07. The molecule has 0 aromatic heterocycles. The first kappa shape index (κ1) is 25.1. The Bertz CT molecular complexity index is 1020. The lowest BCUT2D eigenvalue weighted by atomic mass is 9.96. The maximum atomic E-state index is 12.6. The van der Waals surface area contributed by atoms with E-state index in [0.29, 0.717) is 6.42 Å². The minimum atomic E-state index is -1.54. The molecule has 0 radical (unpaired) electrons. The van der Waals surface area contributed by atoms with Crippen LogP contribution < -0.4 is 10.6 Å². The summed E-state index contributed by atoms with van der Waals surface area (Å²) in [5.41, 5.74) is 2.21. The molecule has 3 N–H and O–H groups in total. The van der Waals surface area contributed by atoms with Crippen LogP contribution in [0.5, 0.6) is 0 Å². The normalized spacial score (nSPS) is 14.4. The van der Waals surface area contributed by atoms with E-state index < -0.39 is 29.3 Å². The van der Waals surface area contributed by atoms with Gasteiger partial charge in [-0.1, -0.05) is 48.5 Å². The van der Waals surface area contributed by atoms with Crippen LogP contribution in [0, 0.1) is 0 Å². The van der Waals surface area contributed by atoms with Crippen LogP contribution >= 0.6 is 0 Å². The Balaban J connectivity index is 1.55. The second kappa shape index (κ2) is 10.2. The van der Waals surface area contributed by atoms with Crippen LogP contribution in [0.2, 0.25) is 0 Å². The number of alkyl carbamates (subject to hydrolysis) is 2. The first-order valence-electron chi connectivity index (χ1n) is 11.3. The molecule has 8 nitrogen and oxygen atoms in total. The fourth-order valence-corrected chi connectivity index (χ4v) is 4.03. The first-order chi connectivity index (χ1) is 16.0. The number of aliphatic carboxylic acids is 1. The predicted molar refractivity (Wildman–Crippen MR) is 128 cm³/mol. The van der Waals surface area contributed by atoms with Gasteiger partial charge in [0.15, 0.2) is 0 Å². The molecule has 2 amide bonds. The molecule has 1 aliphatic rings. The molecular formula is C26H32N2O6. The van der Waals surface area contributed by atoms with Crippen molar-refractivity contribution in [2.24, 2.45) is 0 Å². The van der Waals surface area contributed by atoms with Gasteiger partial charge in [0.2, 0.25) is 0 Å². The summed E-state index contributed by atoms with van der Waals surface area (Å²) < 4.78 is 10.6. The van der Waals surface area contributed by atoms with Gasteiger partial charge >= 0.3 is 18.2 Å². The van der Waals surface area contributed by atoms with Crippen molar-refractivity contribution in [3.8, 4) is 11.1 Å². The lowest BCUT2D eigenvalue weighted by Gasteiger charge is -2.26. The van der Waals surface area contributed by atoms with Crippen molar-refractivity contribution in [1.82, 2.24) is 10.6 Å². The zero-order valence-corrected chi connectivity index (χ0v) is 20.0. The van der Waals surface area contributed by atoms with Crippen molar-refractivity contribution in [2.75, 3.05) is 13.2 Å². The van der Waals surface area contributed by atoms with Gasteiger partial charge in [-0.05, 0) is 62.8 Å². The number of carboxylic acid groups (broad SMARTS) is 1. The molecule has 0 heterocycles. The topological polar surface area (TPSA) is 114 Å². The number of hydrogen-bond acceptors (Lipinski definition) is 5. The summed E-state index contributed by atoms with van der Waals surface area (Å²) in [5, 5.41) is 14.8. The summed E-state index contributed by atoms with van der Waals surface area (Å²) in [6.07, 6.45) is -0.950. The Labute approximate surface area is 199 Å². The molecule has 2 aromatic rings. The molecule has 2 aromatic carbocycles. The molecule has 0 spiro atoms. The van der Waals surface area contributed by atoms with Crippen LogP contribution in [-0.4, -0.2) is 47.6 Å². The van der Waals surface area contributed by atoms with E-state index in [1.165, 1.54) is 6.92 Å². The molecule has 0 bridgehead atoms. The second-order valence-electron chi connectivity index (χ2n) is 9.62. The van der Waals surface area contributed by atoms with Crippen molar-refractivity contribution in [1.29, 1.82) is 0 Å². The van der Waals surface area contributed by atoms with E-state index in [2.05, 4.69) is 10.6 Å². The summed E-state index contributed by atoms with van der Waals surface area (Å²) in [4.78, 5) is 36.2. The quantitative estimate of drug-likeness (QED) is 0.485. The van der Waals surface area contributed by atoms with Crippen molar-refractivity contribution in [3.05, 3.63) is 59.7 Å². The monoisotopic (exact) mass is 468 g/mol. The number of carboxylic acids is 1. The van der Waals surface area contributed by atoms with E-state index in [4.69, 9.17) is 9.47 Å². The number of ether oxygens (including phenoxy) is 2. The van der Waals surface area contributed by atoms with E-state index in [1.807, 2.05) is 48.5 Å². The number of carbonyl (C=O) groups excluding carboxylic acids is 2. The van der Waals surface area contributed by atoms with Gasteiger partial charge in [0.1, 0.15) is 17.7 Å². The Morgan fingerprint density at radius 2 is 1.47 bits per heavy atom. The molecule has 0 saturated carbocycles. The molecule has 0 unspecified atom stereocenters. The van der Waals surface area contributed by atoms with E-state index in [1.54, 1.807) is 20.8 Å². The van der Waals surface area contributed by atoms with Gasteiger partial charge in [0, 0.05) is 12.5 Å². The Hall–Kier alpha value is -3.55. The van der Waals surface area contributed by atoms with Crippen molar-refractivity contribution in [2.45, 2.75) is 57.6 Å². The number of fused-ring (bicyclic) bond motifs is 3. The number of carbonyl (C=O) groups is 3. The minimum absolute atomic E-state index is 0.0930. The molecule has 0 fully saturated rings. The molecule has 0 saturated heterocycles. The molecule has 8 heteroatoms. The molecule has 0 aliphatic heterocycles. The highest BCUT2D eigenvalue weighted by atomic mass is 16.6. The lowest BCUT2D eigenvalue weighted by Crippen LogP contribution is -2.52. The summed E-state index contributed by atoms with van der Waals surface area (Å²) in [7, 11) is 0. The Morgan fingerprint density at radius 1 is 0.912 bits per heavy atom. The van der Waals surface area contributed by atoms with Crippen molar-refractivity contribution < 1.29 is 29.0 Å². The maximum Gasteiger partial charge on any atom is 0.408 e. The van der Waals surface area contributed by atoms with E-state index in [9.17, 15) is 19.5 Å². The van der Waals surface area contributed by atoms with Crippen LogP contribution in [0.25, 0.3) is 11.1 Å². The minimum Gasteiger partial charge on any atom is -0.480 e. The molecule has 34 heavy (non-hydrogen) atoms. The van der Waals surface area contributed by atoms with Crippen LogP contribution in [0.15, 0.2) is 48.5 Å². The van der Waals surface area contributed by atoms with Gasteiger partial charge in [-0.3, -0.25) is 0 Å². The highest BCUT2D eigenvalue weighted by Gasteiger charge is 2.36.